The molecule has 0 aromatic heterocycles. The van der Waals surface area contributed by atoms with Gasteiger partial charge in [-0.05, 0) is 25.2 Å². The van der Waals surface area contributed by atoms with Gasteiger partial charge in [-0.2, -0.15) is 0 Å². The predicted octanol–water partition coefficient (Wildman–Crippen LogP) is 12.4. The lowest BCUT2D eigenvalue weighted by molar-refractivity contribution is -0.154. The Hall–Kier alpha value is -1.92. The Bertz CT molecular complexity index is 954. The molecule has 1 fully saturated rings. The largest absolute Gasteiger partial charge is 0.481 e. The Balaban J connectivity index is 2.88. The Labute approximate surface area is 327 Å². The number of likely N-dealkylation sites (tertiary alicyclic amines) is 1. The highest BCUT2D eigenvalue weighted by Crippen LogP contribution is 2.43. The number of carbonyl (C=O) groups excluding carboxylic acids is 3. The lowest BCUT2D eigenvalue weighted by Crippen LogP contribution is -2.44. The molecule has 0 saturated carbocycles. The first kappa shape index (κ1) is 49.1. The van der Waals surface area contributed by atoms with Gasteiger partial charge >= 0.3 is 5.97 Å². The number of amides is 3. The average Bonchev–Trinajstić information content (AvgIpc) is 3.38. The van der Waals surface area contributed by atoms with Crippen LogP contribution in [-0.2, 0) is 19.2 Å². The summed E-state index contributed by atoms with van der Waals surface area (Å²) in [6.07, 6.45) is 34.7. The monoisotopic (exact) mass is 747 g/mol. The lowest BCUT2D eigenvalue weighted by atomic mass is 9.70. The molecular weight excluding hydrogens is 661 g/mol. The number of carboxylic acids is 1. The van der Waals surface area contributed by atoms with Crippen molar-refractivity contribution in [2.45, 2.75) is 227 Å². The van der Waals surface area contributed by atoms with E-state index in [1.807, 2.05) is 0 Å². The molecule has 5 atom stereocenters. The molecule has 0 radical (unpaired) electrons. The zero-order chi connectivity index (χ0) is 39.1. The number of unbranched alkanes of at least 4 members (excludes halogenated alkanes) is 25. The highest BCUT2D eigenvalue weighted by atomic mass is 16.4. The van der Waals surface area contributed by atoms with E-state index in [-0.39, 0.29) is 23.6 Å². The van der Waals surface area contributed by atoms with Gasteiger partial charge in [-0.15, -0.1) is 0 Å². The molecule has 2 N–H and O–H groups in total. The third-order valence-electron chi connectivity index (χ3n) is 12.1. The molecule has 1 rings (SSSR count). The van der Waals surface area contributed by atoms with E-state index in [1.165, 1.54) is 133 Å². The van der Waals surface area contributed by atoms with Gasteiger partial charge in [0.05, 0.1) is 17.8 Å². The third kappa shape index (κ3) is 20.5. The predicted molar refractivity (Wildman–Crippen MR) is 222 cm³/mol. The molecule has 0 aliphatic carbocycles. The fraction of sp³-hybridized carbons (Fsp3) is 0.913. The van der Waals surface area contributed by atoms with Crippen LogP contribution >= 0.6 is 0 Å². The number of hydrogen-bond donors (Lipinski definition) is 2. The first-order valence-corrected chi connectivity index (χ1v) is 23.1. The van der Waals surface area contributed by atoms with E-state index >= 15 is 0 Å². The van der Waals surface area contributed by atoms with Crippen LogP contribution in [-0.4, -0.2) is 46.8 Å². The van der Waals surface area contributed by atoms with Gasteiger partial charge in [0.25, 0.3) is 0 Å². The van der Waals surface area contributed by atoms with Gasteiger partial charge in [-0.3, -0.25) is 24.1 Å². The van der Waals surface area contributed by atoms with Crippen molar-refractivity contribution < 1.29 is 24.3 Å². The van der Waals surface area contributed by atoms with E-state index in [9.17, 15) is 24.3 Å². The maximum Gasteiger partial charge on any atom is 0.308 e. The fourth-order valence-electron chi connectivity index (χ4n) is 8.63. The molecule has 1 aliphatic rings. The summed E-state index contributed by atoms with van der Waals surface area (Å²) in [5.41, 5.74) is 0. The summed E-state index contributed by atoms with van der Waals surface area (Å²) in [7, 11) is 0. The molecule has 0 bridgehead atoms. The number of carboxylic acid groups (broad SMARTS) is 1. The van der Waals surface area contributed by atoms with Crippen LogP contribution in [0.15, 0.2) is 0 Å². The topological polar surface area (TPSA) is 104 Å². The van der Waals surface area contributed by atoms with Crippen LogP contribution in [0.5, 0.6) is 0 Å². The van der Waals surface area contributed by atoms with Crippen molar-refractivity contribution in [3.05, 3.63) is 0 Å². The second kappa shape index (κ2) is 32.3. The summed E-state index contributed by atoms with van der Waals surface area (Å²) in [4.78, 5) is 56.2. The average molecular weight is 747 g/mol. The SMILES string of the molecule is CCCCCCCCCCCCNC(=O)C(C)C(C(=O)O)C1C(=O)N(CCCCCCCCCCCC)C(=O)C1C(CC)CCCCCCCCCC. The van der Waals surface area contributed by atoms with Crippen LogP contribution in [0, 0.1) is 29.6 Å². The summed E-state index contributed by atoms with van der Waals surface area (Å²) in [6, 6.07) is 0. The molecule has 7 heteroatoms. The van der Waals surface area contributed by atoms with Gasteiger partial charge < -0.3 is 10.4 Å². The minimum absolute atomic E-state index is 0.0713. The second-order valence-corrected chi connectivity index (χ2v) is 16.6. The number of rotatable bonds is 37. The van der Waals surface area contributed by atoms with Crippen molar-refractivity contribution in [2.24, 2.45) is 29.6 Å². The van der Waals surface area contributed by atoms with Crippen LogP contribution in [0.3, 0.4) is 0 Å². The number of imide groups is 1. The van der Waals surface area contributed by atoms with Gasteiger partial charge in [0.1, 0.15) is 0 Å². The van der Waals surface area contributed by atoms with Crippen LogP contribution in [0.2, 0.25) is 0 Å². The zero-order valence-electron chi connectivity index (χ0n) is 35.5. The molecule has 1 heterocycles. The van der Waals surface area contributed by atoms with Crippen LogP contribution in [0.25, 0.3) is 0 Å². The van der Waals surface area contributed by atoms with E-state index in [0.29, 0.717) is 19.5 Å². The highest BCUT2D eigenvalue weighted by molar-refractivity contribution is 6.07. The molecule has 5 unspecified atom stereocenters. The molecular formula is C46H86N2O5. The highest BCUT2D eigenvalue weighted by Gasteiger charge is 2.56. The minimum Gasteiger partial charge on any atom is -0.481 e. The number of hydrogen-bond acceptors (Lipinski definition) is 4. The van der Waals surface area contributed by atoms with Crippen molar-refractivity contribution in [3.8, 4) is 0 Å². The first-order valence-electron chi connectivity index (χ1n) is 23.1. The molecule has 1 saturated heterocycles. The molecule has 53 heavy (non-hydrogen) atoms. The molecule has 1 aliphatic heterocycles. The molecule has 0 aromatic carbocycles. The van der Waals surface area contributed by atoms with E-state index in [2.05, 4.69) is 33.0 Å². The summed E-state index contributed by atoms with van der Waals surface area (Å²) in [5, 5.41) is 13.6. The first-order chi connectivity index (χ1) is 25.8. The van der Waals surface area contributed by atoms with Gasteiger partial charge in [0.2, 0.25) is 17.7 Å². The molecule has 3 amide bonds. The van der Waals surface area contributed by atoms with Gasteiger partial charge in [0, 0.05) is 19.0 Å². The zero-order valence-corrected chi connectivity index (χ0v) is 35.5. The molecule has 0 aromatic rings. The number of nitrogens with zero attached hydrogens (tertiary/aromatic N) is 1. The van der Waals surface area contributed by atoms with E-state index in [4.69, 9.17) is 0 Å². The Morgan fingerprint density at radius 1 is 0.566 bits per heavy atom. The van der Waals surface area contributed by atoms with Crippen molar-refractivity contribution in [2.75, 3.05) is 13.1 Å². The summed E-state index contributed by atoms with van der Waals surface area (Å²) in [6.45, 7) is 11.3. The number of aliphatic carboxylic acids is 1. The Morgan fingerprint density at radius 3 is 1.36 bits per heavy atom. The molecule has 7 nitrogen and oxygen atoms in total. The van der Waals surface area contributed by atoms with E-state index < -0.39 is 29.6 Å². The van der Waals surface area contributed by atoms with Crippen molar-refractivity contribution in [1.82, 2.24) is 10.2 Å². The number of nitrogens with one attached hydrogen (secondary N) is 1. The second-order valence-electron chi connectivity index (χ2n) is 16.6. The fourth-order valence-corrected chi connectivity index (χ4v) is 8.63. The maximum absolute atomic E-state index is 14.2. The number of carbonyl (C=O) groups is 4. The quantitative estimate of drug-likeness (QED) is 0.0486. The molecule has 0 spiro atoms. The Morgan fingerprint density at radius 2 is 0.943 bits per heavy atom. The Kier molecular flexibility index (Phi) is 30.0. The summed E-state index contributed by atoms with van der Waals surface area (Å²) in [5.74, 6) is -5.93. The van der Waals surface area contributed by atoms with Crippen molar-refractivity contribution in [1.29, 1.82) is 0 Å². The third-order valence-corrected chi connectivity index (χ3v) is 12.1. The van der Waals surface area contributed by atoms with Crippen LogP contribution < -0.4 is 5.32 Å². The molecule has 310 valence electrons. The van der Waals surface area contributed by atoms with Crippen LogP contribution in [0.4, 0.5) is 0 Å². The smallest absolute Gasteiger partial charge is 0.308 e. The van der Waals surface area contributed by atoms with Gasteiger partial charge in [0.15, 0.2) is 0 Å². The normalized spacial score (nSPS) is 17.7. The maximum atomic E-state index is 14.2. The van der Waals surface area contributed by atoms with Crippen molar-refractivity contribution in [3.63, 3.8) is 0 Å². The summed E-state index contributed by atoms with van der Waals surface area (Å²) >= 11 is 0. The van der Waals surface area contributed by atoms with E-state index in [0.717, 1.165) is 57.8 Å². The van der Waals surface area contributed by atoms with E-state index in [1.54, 1.807) is 6.92 Å². The van der Waals surface area contributed by atoms with Gasteiger partial charge in [-0.25, -0.2) is 0 Å². The standard InChI is InChI=1S/C46H86N2O5/c1-6-10-13-16-19-22-24-27-30-33-36-47-43(49)38(5)40(46(52)53)42-41(39(9-4)35-32-29-26-21-18-15-12-8-3)44(50)48(45(42)51)37-34-31-28-25-23-20-17-14-11-7-2/h38-42H,6-37H2,1-5H3,(H,47,49)(H,52,53). The summed E-state index contributed by atoms with van der Waals surface area (Å²) < 4.78 is 0. The van der Waals surface area contributed by atoms with Crippen molar-refractivity contribution >= 4 is 23.7 Å². The van der Waals surface area contributed by atoms with Gasteiger partial charge in [-0.1, -0.05) is 208 Å². The minimum atomic E-state index is -1.23. The lowest BCUT2D eigenvalue weighted by Gasteiger charge is -2.30. The van der Waals surface area contributed by atoms with Crippen LogP contribution in [0.1, 0.15) is 227 Å².